The molecule has 1 fully saturated rings. The second-order valence-electron chi connectivity index (χ2n) is 8.63. The van der Waals surface area contributed by atoms with Gasteiger partial charge in [-0.15, -0.1) is 0 Å². The molecule has 0 radical (unpaired) electrons. The fourth-order valence-electron chi connectivity index (χ4n) is 3.80. The molecular formula is C21H29BN2O. The molecule has 1 aliphatic heterocycles. The van der Waals surface area contributed by atoms with E-state index in [0.29, 0.717) is 0 Å². The number of unbranched alkanes of at least 4 members (excludes halogenated alkanes) is 1. The van der Waals surface area contributed by atoms with Crippen LogP contribution < -0.4 is 5.46 Å². The average molecular weight is 336 g/mol. The van der Waals surface area contributed by atoms with Crippen molar-refractivity contribution in [2.45, 2.75) is 72.9 Å². The second kappa shape index (κ2) is 6.22. The van der Waals surface area contributed by atoms with E-state index in [0.717, 1.165) is 30.4 Å². The molecule has 2 aromatic rings. The molecule has 0 saturated carbocycles. The summed E-state index contributed by atoms with van der Waals surface area (Å²) in [6.07, 6.45) is 5.60. The third kappa shape index (κ3) is 3.00. The molecular weight excluding hydrogens is 307 g/mol. The van der Waals surface area contributed by atoms with Crippen molar-refractivity contribution in [3.05, 3.63) is 29.5 Å². The normalized spacial score (nSPS) is 18.7. The Hall–Kier alpha value is -1.73. The van der Waals surface area contributed by atoms with Gasteiger partial charge >= 0.3 is 6.92 Å². The van der Waals surface area contributed by atoms with E-state index in [1.165, 1.54) is 22.8 Å². The molecule has 132 valence electrons. The third-order valence-electron chi connectivity index (χ3n) is 6.24. The lowest BCUT2D eigenvalue weighted by Gasteiger charge is -2.34. The predicted molar refractivity (Wildman–Crippen MR) is 105 cm³/mol. The van der Waals surface area contributed by atoms with Gasteiger partial charge in [0, 0.05) is 18.3 Å². The van der Waals surface area contributed by atoms with Crippen LogP contribution in [0.1, 0.15) is 58.6 Å². The van der Waals surface area contributed by atoms with Crippen LogP contribution >= 0.6 is 0 Å². The highest BCUT2D eigenvalue weighted by Crippen LogP contribution is 2.45. The number of hydrogen-bond acceptors (Lipinski definition) is 2. The lowest BCUT2D eigenvalue weighted by molar-refractivity contribution is 0.0376. The van der Waals surface area contributed by atoms with Gasteiger partial charge in [-0.2, -0.15) is 5.26 Å². The van der Waals surface area contributed by atoms with Crippen molar-refractivity contribution in [1.82, 2.24) is 4.57 Å². The minimum atomic E-state index is -0.154. The molecule has 0 atom stereocenters. The molecule has 2 heterocycles. The Morgan fingerprint density at radius 2 is 2.00 bits per heavy atom. The molecule has 0 bridgehead atoms. The highest BCUT2D eigenvalue weighted by Gasteiger charge is 2.50. The SMILES string of the molecule is CCCCn1cc(B2CC(C)(C)C(C)(C)O2)c2cc(C#N)c(C)cc21. The average Bonchev–Trinajstić information content (AvgIpc) is 2.98. The van der Waals surface area contributed by atoms with E-state index in [2.05, 4.69) is 63.6 Å². The Labute approximate surface area is 152 Å². The van der Waals surface area contributed by atoms with Gasteiger partial charge in [-0.3, -0.25) is 0 Å². The molecule has 3 nitrogen and oxygen atoms in total. The Balaban J connectivity index is 2.13. The molecule has 4 heteroatoms. The van der Waals surface area contributed by atoms with Crippen molar-refractivity contribution in [3.8, 4) is 6.07 Å². The molecule has 1 aromatic carbocycles. The van der Waals surface area contributed by atoms with Gasteiger partial charge in [-0.25, -0.2) is 0 Å². The predicted octanol–water partition coefficient (Wildman–Crippen LogP) is 4.66. The Bertz CT molecular complexity index is 826. The van der Waals surface area contributed by atoms with Gasteiger partial charge in [0.05, 0.1) is 17.2 Å². The smallest absolute Gasteiger partial charge is 0.330 e. The first-order valence-electron chi connectivity index (χ1n) is 9.41. The number of benzene rings is 1. The number of hydrogen-bond donors (Lipinski definition) is 0. The zero-order valence-electron chi connectivity index (χ0n) is 16.4. The molecule has 0 unspecified atom stereocenters. The molecule has 25 heavy (non-hydrogen) atoms. The highest BCUT2D eigenvalue weighted by molar-refractivity contribution is 6.71. The first-order chi connectivity index (χ1) is 11.7. The molecule has 0 amide bonds. The molecule has 0 aliphatic carbocycles. The highest BCUT2D eigenvalue weighted by atomic mass is 16.5. The number of aromatic nitrogens is 1. The van der Waals surface area contributed by atoms with Crippen LogP contribution in [0.5, 0.6) is 0 Å². The second-order valence-corrected chi connectivity index (χ2v) is 8.63. The summed E-state index contributed by atoms with van der Waals surface area (Å²) in [7, 11) is 0. The van der Waals surface area contributed by atoms with Crippen molar-refractivity contribution in [3.63, 3.8) is 0 Å². The van der Waals surface area contributed by atoms with Crippen LogP contribution in [-0.4, -0.2) is 17.1 Å². The van der Waals surface area contributed by atoms with Crippen LogP contribution in [0.3, 0.4) is 0 Å². The Kier molecular flexibility index (Phi) is 4.49. The lowest BCUT2D eigenvalue weighted by atomic mass is 9.54. The van der Waals surface area contributed by atoms with Crippen molar-refractivity contribution in [2.75, 3.05) is 0 Å². The van der Waals surface area contributed by atoms with Gasteiger partial charge < -0.3 is 9.22 Å². The number of nitriles is 1. The summed E-state index contributed by atoms with van der Waals surface area (Å²) in [5.41, 5.74) is 4.24. The van der Waals surface area contributed by atoms with Gasteiger partial charge in [-0.05, 0) is 67.5 Å². The molecule has 0 N–H and O–H groups in total. The first-order valence-corrected chi connectivity index (χ1v) is 9.41. The topological polar surface area (TPSA) is 38.0 Å². The molecule has 1 saturated heterocycles. The van der Waals surface area contributed by atoms with E-state index in [1.807, 2.05) is 6.92 Å². The quantitative estimate of drug-likeness (QED) is 0.762. The summed E-state index contributed by atoms with van der Waals surface area (Å²) in [4.78, 5) is 0. The maximum absolute atomic E-state index is 9.46. The van der Waals surface area contributed by atoms with E-state index < -0.39 is 0 Å². The summed E-state index contributed by atoms with van der Waals surface area (Å²) in [6.45, 7) is 14.3. The van der Waals surface area contributed by atoms with E-state index >= 15 is 0 Å². The summed E-state index contributed by atoms with van der Waals surface area (Å²) in [6, 6.07) is 6.56. The summed E-state index contributed by atoms with van der Waals surface area (Å²) in [5.74, 6) is 0. The zero-order chi connectivity index (χ0) is 18.4. The fraction of sp³-hybridized carbons (Fsp3) is 0.571. The van der Waals surface area contributed by atoms with E-state index in [4.69, 9.17) is 4.65 Å². The van der Waals surface area contributed by atoms with Crippen LogP contribution in [0.4, 0.5) is 0 Å². The molecule has 0 spiro atoms. The minimum Gasteiger partial charge on any atom is -0.425 e. The van der Waals surface area contributed by atoms with Gasteiger partial charge in [0.1, 0.15) is 0 Å². The number of rotatable bonds is 4. The van der Waals surface area contributed by atoms with E-state index in [-0.39, 0.29) is 17.9 Å². The van der Waals surface area contributed by atoms with Crippen molar-refractivity contribution < 1.29 is 4.65 Å². The standard InChI is InChI=1S/C21H29BN2O/c1-7-8-9-24-13-18(22-14-20(3,4)21(5,6)25-22)17-11-16(12-23)15(2)10-19(17)24/h10-11,13H,7-9,14H2,1-6H3. The number of nitrogens with zero attached hydrogens (tertiary/aromatic N) is 2. The monoisotopic (exact) mass is 336 g/mol. The maximum Gasteiger partial charge on any atom is 0.330 e. The van der Waals surface area contributed by atoms with Crippen molar-refractivity contribution >= 4 is 23.3 Å². The minimum absolute atomic E-state index is 0.0876. The maximum atomic E-state index is 9.46. The van der Waals surface area contributed by atoms with Crippen LogP contribution in [0, 0.1) is 23.7 Å². The Morgan fingerprint density at radius 3 is 2.56 bits per heavy atom. The van der Waals surface area contributed by atoms with Crippen LogP contribution in [0.25, 0.3) is 10.9 Å². The zero-order valence-corrected chi connectivity index (χ0v) is 16.4. The third-order valence-corrected chi connectivity index (χ3v) is 6.24. The van der Waals surface area contributed by atoms with Gasteiger partial charge in [0.25, 0.3) is 0 Å². The number of aryl methyl sites for hydroxylation is 2. The molecule has 1 aliphatic rings. The molecule has 1 aromatic heterocycles. The van der Waals surface area contributed by atoms with Crippen molar-refractivity contribution in [2.24, 2.45) is 5.41 Å². The largest absolute Gasteiger partial charge is 0.425 e. The Morgan fingerprint density at radius 1 is 1.28 bits per heavy atom. The van der Waals surface area contributed by atoms with Gasteiger partial charge in [-0.1, -0.05) is 27.2 Å². The number of fused-ring (bicyclic) bond motifs is 1. The first kappa shape index (κ1) is 18.1. The lowest BCUT2D eigenvalue weighted by Crippen LogP contribution is -2.36. The van der Waals surface area contributed by atoms with Crippen LogP contribution in [-0.2, 0) is 11.2 Å². The summed E-state index contributed by atoms with van der Waals surface area (Å²) in [5, 5.41) is 10.6. The van der Waals surface area contributed by atoms with Crippen LogP contribution in [0.2, 0.25) is 6.32 Å². The fourth-order valence-corrected chi connectivity index (χ4v) is 3.80. The summed E-state index contributed by atoms with van der Waals surface area (Å²) >= 11 is 0. The van der Waals surface area contributed by atoms with Gasteiger partial charge in [0.2, 0.25) is 0 Å². The van der Waals surface area contributed by atoms with E-state index in [9.17, 15) is 5.26 Å². The van der Waals surface area contributed by atoms with Gasteiger partial charge in [0.15, 0.2) is 0 Å². The van der Waals surface area contributed by atoms with Crippen molar-refractivity contribution in [1.29, 1.82) is 5.26 Å². The summed E-state index contributed by atoms with van der Waals surface area (Å²) < 4.78 is 8.83. The van der Waals surface area contributed by atoms with E-state index in [1.54, 1.807) is 0 Å². The van der Waals surface area contributed by atoms with Crippen LogP contribution in [0.15, 0.2) is 18.3 Å². The molecule has 3 rings (SSSR count).